The van der Waals surface area contributed by atoms with Crippen molar-refractivity contribution in [2.75, 3.05) is 29.5 Å². The molecule has 2 aliphatic heterocycles. The number of pyridine rings is 2. The number of ketones is 2. The summed E-state index contributed by atoms with van der Waals surface area (Å²) in [5.74, 6) is 3.66. The summed E-state index contributed by atoms with van der Waals surface area (Å²) in [6.45, 7) is 13.3. The van der Waals surface area contributed by atoms with Gasteiger partial charge in [0.25, 0.3) is 0 Å². The summed E-state index contributed by atoms with van der Waals surface area (Å²) in [7, 11) is -1.14. The molecule has 0 radical (unpaired) electrons. The summed E-state index contributed by atoms with van der Waals surface area (Å²) in [6, 6.07) is 33.0. The fraction of sp³-hybridized carbons (Fsp3) is 0.222. The Bertz CT molecular complexity index is 3680. The first-order chi connectivity index (χ1) is 34.0. The smallest absolute Gasteiger partial charge is 0.177 e. The summed E-state index contributed by atoms with van der Waals surface area (Å²) in [5.41, 5.74) is 12.2. The SMILES string of the molecule is Cc1nc2cc(-c3ccc4ncnc(N5CCC(=O)c6ccccc65)c4c3)cnc2n1COCC[Si](C)(C)C.Cc1nc2ncc(-c3ccc4ncnc(N5CCC(=O)c6ccccc65)c4c3)cc2[nH]1. The lowest BCUT2D eigenvalue weighted by molar-refractivity contribution is 0.0881. The van der Waals surface area contributed by atoms with E-state index in [1.54, 1.807) is 12.7 Å². The van der Waals surface area contributed by atoms with Crippen LogP contribution < -0.4 is 9.80 Å². The topological polar surface area (TPSA) is 174 Å². The summed E-state index contributed by atoms with van der Waals surface area (Å²) >= 11 is 0. The third-order valence-electron chi connectivity index (χ3n) is 13.0. The molecule has 12 rings (SSSR count). The second-order valence-corrected chi connectivity index (χ2v) is 24.6. The van der Waals surface area contributed by atoms with E-state index in [9.17, 15) is 9.59 Å². The molecule has 0 fully saturated rings. The molecule has 10 aromatic rings. The van der Waals surface area contributed by atoms with Crippen LogP contribution in [0.5, 0.6) is 0 Å². The lowest BCUT2D eigenvalue weighted by Gasteiger charge is -2.30. The summed E-state index contributed by atoms with van der Waals surface area (Å²) < 4.78 is 8.02. The Labute approximate surface area is 404 Å². The third-order valence-corrected chi connectivity index (χ3v) is 14.7. The number of anilines is 4. The fourth-order valence-electron chi connectivity index (χ4n) is 9.29. The van der Waals surface area contributed by atoms with Crippen molar-refractivity contribution in [2.45, 2.75) is 59.1 Å². The van der Waals surface area contributed by atoms with E-state index < -0.39 is 8.07 Å². The molecular formula is C54H50N12O3Si. The number of hydrogen-bond acceptors (Lipinski definition) is 13. The van der Waals surface area contributed by atoms with Crippen molar-refractivity contribution in [2.24, 2.45) is 0 Å². The zero-order valence-corrected chi connectivity index (χ0v) is 40.6. The number of nitrogens with zero attached hydrogens (tertiary/aromatic N) is 11. The van der Waals surface area contributed by atoms with Gasteiger partial charge in [-0.1, -0.05) is 56.0 Å². The maximum atomic E-state index is 12.5. The van der Waals surface area contributed by atoms with Gasteiger partial charge in [-0.15, -0.1) is 0 Å². The van der Waals surface area contributed by atoms with Crippen molar-refractivity contribution in [3.63, 3.8) is 0 Å². The highest BCUT2D eigenvalue weighted by atomic mass is 28.3. The van der Waals surface area contributed by atoms with Crippen LogP contribution in [0.2, 0.25) is 25.7 Å². The first-order valence-corrected chi connectivity index (χ1v) is 27.2. The first-order valence-electron chi connectivity index (χ1n) is 23.5. The number of para-hydroxylation sites is 2. The van der Waals surface area contributed by atoms with E-state index in [1.807, 2.05) is 97.5 Å². The Morgan fingerprint density at radius 3 is 1.79 bits per heavy atom. The Balaban J connectivity index is 0.000000156. The van der Waals surface area contributed by atoms with Crippen LogP contribution in [-0.4, -0.2) is 88.8 Å². The predicted molar refractivity (Wildman–Crippen MR) is 277 cm³/mol. The van der Waals surface area contributed by atoms with Gasteiger partial charge in [0.2, 0.25) is 0 Å². The van der Waals surface area contributed by atoms with E-state index in [0.717, 1.165) is 119 Å². The number of imidazole rings is 2. The first kappa shape index (κ1) is 44.4. The van der Waals surface area contributed by atoms with Gasteiger partial charge in [-0.3, -0.25) is 14.2 Å². The molecule has 16 heteroatoms. The van der Waals surface area contributed by atoms with Crippen molar-refractivity contribution in [3.05, 3.63) is 145 Å². The minimum absolute atomic E-state index is 0.163. The molecule has 6 aromatic heterocycles. The van der Waals surface area contributed by atoms with Crippen molar-refractivity contribution in [1.29, 1.82) is 0 Å². The van der Waals surface area contributed by atoms with Gasteiger partial charge in [0.05, 0.1) is 27.9 Å². The van der Waals surface area contributed by atoms with E-state index in [2.05, 4.69) is 94.7 Å². The molecule has 0 unspecified atom stereocenters. The van der Waals surface area contributed by atoms with Crippen LogP contribution in [-0.2, 0) is 11.5 Å². The Morgan fingerprint density at radius 2 is 1.19 bits per heavy atom. The van der Waals surface area contributed by atoms with Crippen molar-refractivity contribution in [1.82, 2.24) is 49.4 Å². The van der Waals surface area contributed by atoms with Gasteiger partial charge in [-0.2, -0.15) is 0 Å². The summed E-state index contributed by atoms with van der Waals surface area (Å²) in [6.07, 6.45) is 7.81. The highest BCUT2D eigenvalue weighted by Crippen LogP contribution is 2.39. The Kier molecular flexibility index (Phi) is 11.5. The second kappa shape index (κ2) is 18.1. The largest absolute Gasteiger partial charge is 0.361 e. The lowest BCUT2D eigenvalue weighted by atomic mass is 9.99. The molecule has 1 N–H and O–H groups in total. The molecule has 348 valence electrons. The predicted octanol–water partition coefficient (Wildman–Crippen LogP) is 11.0. The molecule has 0 spiro atoms. The molecule has 70 heavy (non-hydrogen) atoms. The number of carbonyl (C=O) groups excluding carboxylic acids is 2. The van der Waals surface area contributed by atoms with Crippen LogP contribution in [0, 0.1) is 13.8 Å². The molecule has 0 saturated carbocycles. The van der Waals surface area contributed by atoms with Crippen LogP contribution in [0.3, 0.4) is 0 Å². The second-order valence-electron chi connectivity index (χ2n) is 19.0. The quantitative estimate of drug-likeness (QED) is 0.107. The number of Topliss-reactive ketones (excluding diaryl/α,β-unsaturated/α-hetero) is 2. The molecule has 8 heterocycles. The Morgan fingerprint density at radius 1 is 0.614 bits per heavy atom. The zero-order chi connectivity index (χ0) is 48.1. The molecular weight excluding hydrogens is 893 g/mol. The number of rotatable bonds is 9. The van der Waals surface area contributed by atoms with Crippen molar-refractivity contribution in [3.8, 4) is 22.3 Å². The molecule has 0 saturated heterocycles. The number of benzene rings is 4. The highest BCUT2D eigenvalue weighted by molar-refractivity contribution is 6.76. The van der Waals surface area contributed by atoms with Gasteiger partial charge in [-0.25, -0.2) is 39.9 Å². The molecule has 15 nitrogen and oxygen atoms in total. The van der Waals surface area contributed by atoms with E-state index in [4.69, 9.17) is 14.7 Å². The van der Waals surface area contributed by atoms with Crippen LogP contribution in [0.1, 0.15) is 45.2 Å². The maximum absolute atomic E-state index is 12.5. The number of aromatic amines is 1. The van der Waals surface area contributed by atoms with E-state index >= 15 is 0 Å². The van der Waals surface area contributed by atoms with E-state index in [-0.39, 0.29) is 11.6 Å². The summed E-state index contributed by atoms with van der Waals surface area (Å²) in [4.78, 5) is 69.1. The fourth-order valence-corrected chi connectivity index (χ4v) is 10.0. The number of fused-ring (bicyclic) bond motifs is 6. The summed E-state index contributed by atoms with van der Waals surface area (Å²) in [5, 5.41) is 1.86. The Hall–Kier alpha value is -8.08. The van der Waals surface area contributed by atoms with Gasteiger partial charge < -0.3 is 19.5 Å². The number of hydrogen-bond donors (Lipinski definition) is 1. The number of aryl methyl sites for hydroxylation is 2. The normalized spacial score (nSPS) is 13.8. The number of carbonyl (C=O) groups is 2. The molecule has 4 aromatic carbocycles. The number of aromatic nitrogens is 10. The monoisotopic (exact) mass is 942 g/mol. The highest BCUT2D eigenvalue weighted by Gasteiger charge is 2.28. The number of nitrogens with one attached hydrogen (secondary N) is 1. The average Bonchev–Trinajstić information content (AvgIpc) is 3.91. The standard InChI is InChI=1S/C30H32N6O2Si.C24H18N6O/c1-20-34-26-16-22(17-31-30(26)36(20)19-38-13-14-39(2,3)4)21-9-10-25-24(15-21)29(33-18-32-25)35-12-11-28(37)23-7-5-6-8-27(23)35;1-14-28-20-11-16(12-25-23(20)29-14)15-6-7-19-18(10-15)24(27-13-26-19)30-9-8-22(31)17-4-2-3-5-21(17)30/h5-10,15-18H,11-14,19H2,1-4H3;2-7,10-13H,8-9H2,1H3,(H,25,28,29). The van der Waals surface area contributed by atoms with Gasteiger partial charge >= 0.3 is 0 Å². The molecule has 0 bridgehead atoms. The van der Waals surface area contributed by atoms with Crippen LogP contribution in [0.15, 0.2) is 122 Å². The maximum Gasteiger partial charge on any atom is 0.177 e. The minimum Gasteiger partial charge on any atom is -0.361 e. The minimum atomic E-state index is -1.14. The average molecular weight is 943 g/mol. The molecule has 0 aliphatic carbocycles. The van der Waals surface area contributed by atoms with Crippen LogP contribution in [0.25, 0.3) is 66.4 Å². The molecule has 0 atom stereocenters. The zero-order valence-electron chi connectivity index (χ0n) is 39.6. The van der Waals surface area contributed by atoms with Crippen LogP contribution >= 0.6 is 0 Å². The number of H-pyrrole nitrogens is 1. The third kappa shape index (κ3) is 8.56. The van der Waals surface area contributed by atoms with Crippen molar-refractivity contribution >= 4 is 86.8 Å². The van der Waals surface area contributed by atoms with Gasteiger partial charge in [0.1, 0.15) is 48.2 Å². The van der Waals surface area contributed by atoms with Gasteiger partial charge in [0, 0.05) is 86.0 Å². The van der Waals surface area contributed by atoms with Gasteiger partial charge in [-0.05, 0) is 91.7 Å². The van der Waals surface area contributed by atoms with E-state index in [0.29, 0.717) is 38.3 Å². The number of ether oxygens (including phenoxy) is 1. The molecule has 2 aliphatic rings. The van der Waals surface area contributed by atoms with Crippen LogP contribution in [0.4, 0.5) is 23.0 Å². The van der Waals surface area contributed by atoms with E-state index in [1.165, 1.54) is 0 Å². The van der Waals surface area contributed by atoms with Crippen molar-refractivity contribution < 1.29 is 14.3 Å². The van der Waals surface area contributed by atoms with Gasteiger partial charge in [0.15, 0.2) is 22.9 Å². The molecule has 0 amide bonds. The lowest BCUT2D eigenvalue weighted by Crippen LogP contribution is -2.28.